The Morgan fingerprint density at radius 1 is 1.12 bits per heavy atom. The molecule has 1 fully saturated rings. The van der Waals surface area contributed by atoms with Crippen molar-refractivity contribution in [2.24, 2.45) is 0 Å². The van der Waals surface area contributed by atoms with Gasteiger partial charge in [-0.15, -0.1) is 0 Å². The monoisotopic (exact) mass is 323 g/mol. The third-order valence-electron chi connectivity index (χ3n) is 4.42. The number of halogens is 1. The fourth-order valence-corrected chi connectivity index (χ4v) is 3.09. The van der Waals surface area contributed by atoms with Crippen LogP contribution < -0.4 is 5.32 Å². The fourth-order valence-electron chi connectivity index (χ4n) is 3.09. The van der Waals surface area contributed by atoms with E-state index in [4.69, 9.17) is 0 Å². The van der Waals surface area contributed by atoms with Crippen LogP contribution in [0.15, 0.2) is 54.9 Å². The highest BCUT2D eigenvalue weighted by Gasteiger charge is 2.38. The van der Waals surface area contributed by atoms with E-state index in [2.05, 4.69) is 10.3 Å². The molecule has 0 radical (unpaired) electrons. The van der Waals surface area contributed by atoms with Crippen LogP contribution in [0.3, 0.4) is 0 Å². The van der Waals surface area contributed by atoms with Crippen molar-refractivity contribution in [1.29, 1.82) is 0 Å². The van der Waals surface area contributed by atoms with Gasteiger partial charge in [-0.3, -0.25) is 15.1 Å². The molecule has 5 nitrogen and oxygen atoms in total. The molecule has 120 valence electrons. The number of pyridine rings is 1. The van der Waals surface area contributed by atoms with E-state index in [1.807, 2.05) is 0 Å². The first-order valence-corrected chi connectivity index (χ1v) is 7.66. The third-order valence-corrected chi connectivity index (χ3v) is 4.42. The van der Waals surface area contributed by atoms with Crippen LogP contribution >= 0.6 is 0 Å². The lowest BCUT2D eigenvalue weighted by molar-refractivity contribution is -0.383. The smallest absolute Gasteiger partial charge is 0.278 e. The zero-order valence-corrected chi connectivity index (χ0v) is 12.6. The van der Waals surface area contributed by atoms with Crippen LogP contribution in [0.25, 0.3) is 10.8 Å². The van der Waals surface area contributed by atoms with Crippen LogP contribution in [-0.4, -0.2) is 15.9 Å². The van der Waals surface area contributed by atoms with Gasteiger partial charge in [0.05, 0.1) is 10.3 Å². The number of aromatic nitrogens is 1. The molecular formula is C18H14FN3O2. The van der Waals surface area contributed by atoms with Crippen molar-refractivity contribution in [2.75, 3.05) is 5.32 Å². The van der Waals surface area contributed by atoms with Crippen LogP contribution in [0.4, 0.5) is 15.8 Å². The zero-order chi connectivity index (χ0) is 16.7. The Kier molecular flexibility index (Phi) is 3.37. The molecule has 24 heavy (non-hydrogen) atoms. The molecule has 1 heterocycles. The molecular weight excluding hydrogens is 309 g/mol. The average molecular weight is 323 g/mol. The minimum absolute atomic E-state index is 0.0505. The zero-order valence-electron chi connectivity index (χ0n) is 12.6. The second-order valence-electron chi connectivity index (χ2n) is 5.96. The van der Waals surface area contributed by atoms with Crippen molar-refractivity contribution >= 4 is 22.1 Å². The summed E-state index contributed by atoms with van der Waals surface area (Å²) < 4.78 is 13.0. The average Bonchev–Trinajstić information content (AvgIpc) is 3.35. The van der Waals surface area contributed by atoms with Crippen molar-refractivity contribution < 1.29 is 9.31 Å². The predicted molar refractivity (Wildman–Crippen MR) is 89.6 cm³/mol. The molecule has 1 aromatic heterocycles. The van der Waals surface area contributed by atoms with Crippen LogP contribution in [0.1, 0.15) is 17.9 Å². The topological polar surface area (TPSA) is 68.1 Å². The molecule has 0 aliphatic heterocycles. The van der Waals surface area contributed by atoms with Crippen LogP contribution in [0.2, 0.25) is 0 Å². The number of nitrogens with zero attached hydrogens (tertiary/aromatic N) is 2. The number of hydrogen-bond donors (Lipinski definition) is 1. The molecule has 0 amide bonds. The van der Waals surface area contributed by atoms with Gasteiger partial charge < -0.3 is 5.32 Å². The van der Waals surface area contributed by atoms with Gasteiger partial charge in [0.1, 0.15) is 5.82 Å². The first-order chi connectivity index (χ1) is 11.6. The molecule has 2 aromatic carbocycles. The van der Waals surface area contributed by atoms with Crippen molar-refractivity contribution in [2.45, 2.75) is 18.4 Å². The highest BCUT2D eigenvalue weighted by atomic mass is 19.1. The Bertz CT molecular complexity index is 927. The Morgan fingerprint density at radius 3 is 2.67 bits per heavy atom. The molecule has 1 N–H and O–H groups in total. The van der Waals surface area contributed by atoms with E-state index in [-0.39, 0.29) is 17.5 Å². The number of nitro groups is 1. The summed E-state index contributed by atoms with van der Waals surface area (Å²) in [6.07, 6.45) is 4.10. The van der Waals surface area contributed by atoms with Crippen LogP contribution in [-0.2, 0) is 0 Å². The van der Waals surface area contributed by atoms with Gasteiger partial charge in [-0.25, -0.2) is 4.39 Å². The minimum Gasteiger partial charge on any atom is -0.381 e. The van der Waals surface area contributed by atoms with Gasteiger partial charge in [0.15, 0.2) is 0 Å². The van der Waals surface area contributed by atoms with E-state index in [9.17, 15) is 14.5 Å². The quantitative estimate of drug-likeness (QED) is 0.576. The lowest BCUT2D eigenvalue weighted by atomic mass is 10.1. The molecule has 3 aromatic rings. The van der Waals surface area contributed by atoms with E-state index in [0.717, 1.165) is 23.1 Å². The number of benzene rings is 2. The second-order valence-corrected chi connectivity index (χ2v) is 5.96. The molecule has 6 heteroatoms. The molecule has 0 saturated heterocycles. The third kappa shape index (κ3) is 2.56. The fraction of sp³-hybridized carbons (Fsp3) is 0.167. The molecule has 2 atom stereocenters. The number of rotatable bonds is 4. The van der Waals surface area contributed by atoms with Gasteiger partial charge in [-0.2, -0.15) is 0 Å². The maximum absolute atomic E-state index is 13.0. The summed E-state index contributed by atoms with van der Waals surface area (Å²) >= 11 is 0. The van der Waals surface area contributed by atoms with Crippen molar-refractivity contribution in [3.8, 4) is 0 Å². The standard InChI is InChI=1S/C18H14FN3O2/c19-12-3-1-11(2-4-12)14-9-17(14)21-16-5-6-18(22(23)24)15-10-20-8-7-13(15)16/h1-8,10,14,17,21H,9H2/t14-,17+/m0/s1. The SMILES string of the molecule is O=[N+]([O-])c1ccc(N[C@@H]2C[C@H]2c2ccc(F)cc2)c2ccncc12. The summed E-state index contributed by atoms with van der Waals surface area (Å²) in [5.74, 6) is 0.0930. The van der Waals surface area contributed by atoms with Gasteiger partial charge in [-0.1, -0.05) is 12.1 Å². The lowest BCUT2D eigenvalue weighted by Gasteiger charge is -2.10. The second kappa shape index (κ2) is 5.56. The Labute approximate surface area is 137 Å². The Morgan fingerprint density at radius 2 is 1.92 bits per heavy atom. The highest BCUT2D eigenvalue weighted by molar-refractivity contribution is 5.99. The lowest BCUT2D eigenvalue weighted by Crippen LogP contribution is -2.05. The summed E-state index contributed by atoms with van der Waals surface area (Å²) in [7, 11) is 0. The van der Waals surface area contributed by atoms with E-state index in [1.54, 1.807) is 30.5 Å². The largest absolute Gasteiger partial charge is 0.381 e. The summed E-state index contributed by atoms with van der Waals surface area (Å²) in [6.45, 7) is 0. The summed E-state index contributed by atoms with van der Waals surface area (Å²) in [5.41, 5.74) is 2.00. The van der Waals surface area contributed by atoms with Gasteiger partial charge in [0, 0.05) is 41.5 Å². The van der Waals surface area contributed by atoms with E-state index in [0.29, 0.717) is 11.3 Å². The van der Waals surface area contributed by atoms with Crippen molar-refractivity contribution in [3.63, 3.8) is 0 Å². The van der Waals surface area contributed by atoms with Crippen LogP contribution in [0, 0.1) is 15.9 Å². The normalized spacial score (nSPS) is 19.2. The first kappa shape index (κ1) is 14.6. The molecule has 1 aliphatic rings. The number of non-ortho nitro benzene ring substituents is 1. The van der Waals surface area contributed by atoms with Gasteiger partial charge in [-0.05, 0) is 36.2 Å². The van der Waals surface area contributed by atoms with Crippen molar-refractivity contribution in [1.82, 2.24) is 4.98 Å². The predicted octanol–water partition coefficient (Wildman–Crippen LogP) is 4.25. The molecule has 4 rings (SSSR count). The number of fused-ring (bicyclic) bond motifs is 1. The van der Waals surface area contributed by atoms with E-state index < -0.39 is 4.92 Å². The first-order valence-electron chi connectivity index (χ1n) is 7.66. The Hall–Kier alpha value is -3.02. The van der Waals surface area contributed by atoms with Gasteiger partial charge in [0.25, 0.3) is 5.69 Å². The van der Waals surface area contributed by atoms with Gasteiger partial charge >= 0.3 is 0 Å². The number of nitro benzene ring substituents is 1. The molecule has 1 saturated carbocycles. The Balaban J connectivity index is 1.61. The number of nitrogens with one attached hydrogen (secondary N) is 1. The summed E-state index contributed by atoms with van der Waals surface area (Å²) in [6, 6.07) is 11.8. The maximum Gasteiger partial charge on any atom is 0.278 e. The molecule has 0 unspecified atom stereocenters. The van der Waals surface area contributed by atoms with Crippen molar-refractivity contribution in [3.05, 3.63) is 76.4 Å². The molecule has 0 spiro atoms. The number of hydrogen-bond acceptors (Lipinski definition) is 4. The molecule has 0 bridgehead atoms. The van der Waals surface area contributed by atoms with Gasteiger partial charge in [0.2, 0.25) is 0 Å². The maximum atomic E-state index is 13.0. The summed E-state index contributed by atoms with van der Waals surface area (Å²) in [4.78, 5) is 14.8. The molecule has 1 aliphatic carbocycles. The summed E-state index contributed by atoms with van der Waals surface area (Å²) in [5, 5.41) is 15.9. The van der Waals surface area contributed by atoms with Crippen LogP contribution in [0.5, 0.6) is 0 Å². The minimum atomic E-state index is -0.397. The highest BCUT2D eigenvalue weighted by Crippen LogP contribution is 2.44. The van der Waals surface area contributed by atoms with E-state index >= 15 is 0 Å². The van der Waals surface area contributed by atoms with E-state index in [1.165, 1.54) is 24.4 Å². The number of anilines is 1.